The van der Waals surface area contributed by atoms with Gasteiger partial charge < -0.3 is 0 Å². The van der Waals surface area contributed by atoms with Crippen LogP contribution in [-0.4, -0.2) is 0 Å². The van der Waals surface area contributed by atoms with Gasteiger partial charge in [0.15, 0.2) is 0 Å². The second kappa shape index (κ2) is 5.53. The minimum atomic E-state index is 0.872. The van der Waals surface area contributed by atoms with Crippen LogP contribution in [0.3, 0.4) is 0 Å². The summed E-state index contributed by atoms with van der Waals surface area (Å²) in [5, 5.41) is 0. The normalized spacial score (nSPS) is 32.9. The Balaban J connectivity index is 2.01. The summed E-state index contributed by atoms with van der Waals surface area (Å²) in [6.45, 7) is 2.37. The van der Waals surface area contributed by atoms with Crippen LogP contribution < -0.4 is 0 Å². The van der Waals surface area contributed by atoms with Crippen molar-refractivity contribution >= 4 is 0 Å². The van der Waals surface area contributed by atoms with Crippen LogP contribution in [0, 0.1) is 17.8 Å². The van der Waals surface area contributed by atoms with Gasteiger partial charge in [-0.25, -0.2) is 0 Å². The molecule has 0 aromatic rings. The summed E-state index contributed by atoms with van der Waals surface area (Å²) in [5.74, 6) is 2.66. The summed E-state index contributed by atoms with van der Waals surface area (Å²) in [5.41, 5.74) is 0. The molecule has 2 unspecified atom stereocenters. The highest BCUT2D eigenvalue weighted by Gasteiger charge is 2.26. The van der Waals surface area contributed by atoms with Gasteiger partial charge in [0.2, 0.25) is 0 Å². The third-order valence-electron chi connectivity index (χ3n) is 4.15. The first kappa shape index (κ1) is 11.0. The minimum absolute atomic E-state index is 0.872. The van der Waals surface area contributed by atoms with E-state index in [2.05, 4.69) is 31.2 Å². The zero-order valence-electron chi connectivity index (χ0n) is 9.99. The van der Waals surface area contributed by atoms with Gasteiger partial charge in [-0.05, 0) is 56.3 Å². The minimum Gasteiger partial charge on any atom is -0.0882 e. The Bertz CT molecular complexity index is 212. The number of hydrogen-bond donors (Lipinski definition) is 0. The van der Waals surface area contributed by atoms with E-state index in [-0.39, 0.29) is 0 Å². The maximum atomic E-state index is 2.50. The van der Waals surface area contributed by atoms with Crippen molar-refractivity contribution in [1.29, 1.82) is 0 Å². The monoisotopic (exact) mass is 204 g/mol. The molecule has 2 aliphatic carbocycles. The van der Waals surface area contributed by atoms with Crippen LogP contribution in [0.1, 0.15) is 51.9 Å². The predicted octanol–water partition coefficient (Wildman–Crippen LogP) is 4.73. The topological polar surface area (TPSA) is 0 Å². The highest BCUT2D eigenvalue weighted by atomic mass is 14.3. The molecule has 0 N–H and O–H groups in total. The standard InChI is InChI=1S/C15H24/c1-2-15(13-9-5-3-6-10-13)14-11-7-4-8-12-14/h5,7,9,11,13-15H,2-4,6,8,10,12H2,1H3. The lowest BCUT2D eigenvalue weighted by Gasteiger charge is -2.32. The maximum absolute atomic E-state index is 2.50. The molecule has 0 saturated carbocycles. The SMILES string of the molecule is CCC(C1C=CCCC1)C1C=CCCC1. The van der Waals surface area contributed by atoms with E-state index >= 15 is 0 Å². The molecule has 0 radical (unpaired) electrons. The van der Waals surface area contributed by atoms with Crippen molar-refractivity contribution in [2.75, 3.05) is 0 Å². The van der Waals surface area contributed by atoms with Crippen molar-refractivity contribution in [2.24, 2.45) is 17.8 Å². The van der Waals surface area contributed by atoms with E-state index in [1.165, 1.54) is 44.9 Å². The fourth-order valence-corrected chi connectivity index (χ4v) is 3.31. The van der Waals surface area contributed by atoms with E-state index < -0.39 is 0 Å². The van der Waals surface area contributed by atoms with E-state index in [0.29, 0.717) is 0 Å². The van der Waals surface area contributed by atoms with E-state index in [0.717, 1.165) is 17.8 Å². The molecule has 0 heterocycles. The van der Waals surface area contributed by atoms with E-state index in [4.69, 9.17) is 0 Å². The summed E-state index contributed by atoms with van der Waals surface area (Å²) >= 11 is 0. The summed E-state index contributed by atoms with van der Waals surface area (Å²) in [4.78, 5) is 0. The molecule has 0 heteroatoms. The Morgan fingerprint density at radius 2 is 1.53 bits per heavy atom. The van der Waals surface area contributed by atoms with Crippen LogP contribution >= 0.6 is 0 Å². The Labute approximate surface area is 94.5 Å². The van der Waals surface area contributed by atoms with Crippen molar-refractivity contribution in [3.8, 4) is 0 Å². The number of allylic oxidation sites excluding steroid dienone is 4. The number of hydrogen-bond acceptors (Lipinski definition) is 0. The third-order valence-corrected chi connectivity index (χ3v) is 4.15. The van der Waals surface area contributed by atoms with Crippen LogP contribution in [0.5, 0.6) is 0 Å². The Morgan fingerprint density at radius 3 is 1.87 bits per heavy atom. The van der Waals surface area contributed by atoms with Crippen molar-refractivity contribution in [2.45, 2.75) is 51.9 Å². The van der Waals surface area contributed by atoms with Gasteiger partial charge >= 0.3 is 0 Å². The maximum Gasteiger partial charge on any atom is -0.0200 e. The first-order valence-electron chi connectivity index (χ1n) is 6.75. The first-order valence-corrected chi connectivity index (χ1v) is 6.75. The van der Waals surface area contributed by atoms with E-state index in [9.17, 15) is 0 Å². The highest BCUT2D eigenvalue weighted by Crippen LogP contribution is 2.36. The average Bonchev–Trinajstić information content (AvgIpc) is 2.33. The van der Waals surface area contributed by atoms with Gasteiger partial charge in [-0.15, -0.1) is 0 Å². The van der Waals surface area contributed by atoms with Crippen LogP contribution in [0.15, 0.2) is 24.3 Å². The molecule has 0 nitrogen and oxygen atoms in total. The van der Waals surface area contributed by atoms with Gasteiger partial charge in [0.1, 0.15) is 0 Å². The van der Waals surface area contributed by atoms with Gasteiger partial charge in [0.05, 0.1) is 0 Å². The fourth-order valence-electron chi connectivity index (χ4n) is 3.31. The Kier molecular flexibility index (Phi) is 4.05. The molecule has 0 aliphatic heterocycles. The molecule has 0 fully saturated rings. The summed E-state index contributed by atoms with van der Waals surface area (Å²) < 4.78 is 0. The molecule has 2 aliphatic rings. The van der Waals surface area contributed by atoms with Crippen molar-refractivity contribution in [3.63, 3.8) is 0 Å². The molecular formula is C15H24. The summed E-state index contributed by atoms with van der Waals surface area (Å²) in [7, 11) is 0. The lowest BCUT2D eigenvalue weighted by molar-refractivity contribution is 0.255. The van der Waals surface area contributed by atoms with Crippen LogP contribution in [-0.2, 0) is 0 Å². The zero-order valence-corrected chi connectivity index (χ0v) is 9.99. The van der Waals surface area contributed by atoms with E-state index in [1.54, 1.807) is 0 Å². The fraction of sp³-hybridized carbons (Fsp3) is 0.733. The number of rotatable bonds is 3. The smallest absolute Gasteiger partial charge is 0.0200 e. The molecule has 0 amide bonds. The first-order chi connectivity index (χ1) is 7.42. The lowest BCUT2D eigenvalue weighted by atomic mass is 9.73. The molecule has 2 atom stereocenters. The summed E-state index contributed by atoms with van der Waals surface area (Å²) in [6.07, 6.45) is 19.5. The molecule has 15 heavy (non-hydrogen) atoms. The average molecular weight is 204 g/mol. The van der Waals surface area contributed by atoms with Gasteiger partial charge in [-0.3, -0.25) is 0 Å². The van der Waals surface area contributed by atoms with Crippen LogP contribution in [0.4, 0.5) is 0 Å². The van der Waals surface area contributed by atoms with Crippen molar-refractivity contribution in [3.05, 3.63) is 24.3 Å². The molecule has 2 rings (SSSR count). The van der Waals surface area contributed by atoms with Gasteiger partial charge in [0.25, 0.3) is 0 Å². The lowest BCUT2D eigenvalue weighted by Crippen LogP contribution is -2.23. The molecule has 0 aromatic heterocycles. The van der Waals surface area contributed by atoms with Crippen molar-refractivity contribution < 1.29 is 0 Å². The highest BCUT2D eigenvalue weighted by molar-refractivity contribution is 5.02. The molecular weight excluding hydrogens is 180 g/mol. The largest absolute Gasteiger partial charge is 0.0882 e. The van der Waals surface area contributed by atoms with Gasteiger partial charge in [0, 0.05) is 0 Å². The summed E-state index contributed by atoms with van der Waals surface area (Å²) in [6, 6.07) is 0. The molecule has 84 valence electrons. The van der Waals surface area contributed by atoms with Crippen LogP contribution in [0.25, 0.3) is 0 Å². The van der Waals surface area contributed by atoms with Gasteiger partial charge in [-0.2, -0.15) is 0 Å². The molecule has 0 saturated heterocycles. The predicted molar refractivity (Wildman–Crippen MR) is 66.7 cm³/mol. The second-order valence-corrected chi connectivity index (χ2v) is 5.12. The molecule has 0 aromatic carbocycles. The molecule has 0 bridgehead atoms. The van der Waals surface area contributed by atoms with Crippen molar-refractivity contribution in [1.82, 2.24) is 0 Å². The quantitative estimate of drug-likeness (QED) is 0.583. The van der Waals surface area contributed by atoms with E-state index in [1.807, 2.05) is 0 Å². The Morgan fingerprint density at radius 1 is 1.00 bits per heavy atom. The van der Waals surface area contributed by atoms with Gasteiger partial charge in [-0.1, -0.05) is 37.6 Å². The molecule has 0 spiro atoms. The zero-order chi connectivity index (χ0) is 10.5. The Hall–Kier alpha value is -0.520. The third kappa shape index (κ3) is 2.74. The van der Waals surface area contributed by atoms with Crippen LogP contribution in [0.2, 0.25) is 0 Å². The second-order valence-electron chi connectivity index (χ2n) is 5.12.